The minimum Gasteiger partial charge on any atom is -0.465 e. The highest BCUT2D eigenvalue weighted by molar-refractivity contribution is 7.80. The third kappa shape index (κ3) is 4.63. The molecule has 1 aliphatic heterocycles. The molecule has 6 heteroatoms. The molecule has 0 saturated carbocycles. The van der Waals surface area contributed by atoms with Crippen LogP contribution in [0.1, 0.15) is 40.5 Å². The van der Waals surface area contributed by atoms with Crippen molar-refractivity contribution in [1.82, 2.24) is 9.80 Å². The van der Waals surface area contributed by atoms with Gasteiger partial charge in [-0.3, -0.25) is 14.6 Å². The van der Waals surface area contributed by atoms with E-state index in [9.17, 15) is 4.79 Å². The molecule has 0 aliphatic carbocycles. The largest absolute Gasteiger partial charge is 0.465 e. The van der Waals surface area contributed by atoms with Gasteiger partial charge in [0.25, 0.3) is 0 Å². The van der Waals surface area contributed by atoms with Crippen molar-refractivity contribution in [3.8, 4) is 0 Å². The number of esters is 1. The fourth-order valence-corrected chi connectivity index (χ4v) is 2.84. The van der Waals surface area contributed by atoms with Crippen LogP contribution in [0, 0.1) is 0 Å². The zero-order valence-corrected chi connectivity index (χ0v) is 14.5. The summed E-state index contributed by atoms with van der Waals surface area (Å²) in [6.07, 6.45) is 1.82. The highest BCUT2D eigenvalue weighted by atomic mass is 32.1. The number of hydrogen-bond donors (Lipinski definition) is 1. The second-order valence-electron chi connectivity index (χ2n) is 6.00. The average molecular weight is 315 g/mol. The highest BCUT2D eigenvalue weighted by Gasteiger charge is 2.35. The number of rotatable bonds is 7. The van der Waals surface area contributed by atoms with Gasteiger partial charge in [0.05, 0.1) is 17.1 Å². The number of nitrogens with two attached hydrogens (primary N) is 1. The molecule has 1 rings (SSSR count). The number of thiocarbonyl (C=S) groups is 1. The molecule has 0 bridgehead atoms. The van der Waals surface area contributed by atoms with Crippen molar-refractivity contribution in [1.29, 1.82) is 0 Å². The number of nitrogens with zero attached hydrogens (tertiary/aromatic N) is 2. The first kappa shape index (κ1) is 18.3. The monoisotopic (exact) mass is 315 g/mol. The maximum absolute atomic E-state index is 12.1. The molecule has 0 spiro atoms. The Labute approximate surface area is 133 Å². The van der Waals surface area contributed by atoms with E-state index < -0.39 is 0 Å². The Hall–Kier alpha value is -0.720. The van der Waals surface area contributed by atoms with Crippen LogP contribution in [0.4, 0.5) is 0 Å². The maximum Gasteiger partial charge on any atom is 0.323 e. The quantitative estimate of drug-likeness (QED) is 0.566. The van der Waals surface area contributed by atoms with E-state index in [2.05, 4.69) is 30.6 Å². The number of piperazine rings is 1. The molecule has 1 atom stereocenters. The topological polar surface area (TPSA) is 58.8 Å². The Kier molecular flexibility index (Phi) is 7.03. The number of carbonyl (C=O) groups is 1. The molecule has 1 aliphatic rings. The van der Waals surface area contributed by atoms with Crippen LogP contribution in [0.2, 0.25) is 0 Å². The van der Waals surface area contributed by atoms with Gasteiger partial charge >= 0.3 is 5.97 Å². The van der Waals surface area contributed by atoms with Crippen LogP contribution >= 0.6 is 12.2 Å². The second-order valence-corrected chi connectivity index (χ2v) is 6.44. The van der Waals surface area contributed by atoms with Gasteiger partial charge in [-0.05, 0) is 27.2 Å². The molecule has 1 heterocycles. The molecule has 5 nitrogen and oxygen atoms in total. The van der Waals surface area contributed by atoms with Crippen molar-refractivity contribution in [3.05, 3.63) is 0 Å². The lowest BCUT2D eigenvalue weighted by atomic mass is 10.0. The molecule has 0 aromatic heterocycles. The van der Waals surface area contributed by atoms with Crippen molar-refractivity contribution in [3.63, 3.8) is 0 Å². The van der Waals surface area contributed by atoms with Gasteiger partial charge in [-0.25, -0.2) is 0 Å². The SMILES string of the molecule is CCCC(C(=O)OCC)N1CCN(C(C)(C)C(N)=S)CC1. The van der Waals surface area contributed by atoms with E-state index in [4.69, 9.17) is 22.7 Å². The smallest absolute Gasteiger partial charge is 0.323 e. The molecule has 0 amide bonds. The highest BCUT2D eigenvalue weighted by Crippen LogP contribution is 2.20. The summed E-state index contributed by atoms with van der Waals surface area (Å²) in [4.78, 5) is 17.1. The van der Waals surface area contributed by atoms with Crippen molar-refractivity contribution in [2.45, 2.75) is 52.1 Å². The second kappa shape index (κ2) is 8.06. The van der Waals surface area contributed by atoms with Gasteiger partial charge in [-0.1, -0.05) is 25.6 Å². The van der Waals surface area contributed by atoms with Crippen LogP contribution in [0.5, 0.6) is 0 Å². The lowest BCUT2D eigenvalue weighted by molar-refractivity contribution is -0.150. The molecule has 0 aromatic carbocycles. The van der Waals surface area contributed by atoms with Gasteiger partial charge in [0.1, 0.15) is 6.04 Å². The van der Waals surface area contributed by atoms with E-state index >= 15 is 0 Å². The Morgan fingerprint density at radius 2 is 1.86 bits per heavy atom. The van der Waals surface area contributed by atoms with Crippen LogP contribution < -0.4 is 5.73 Å². The Morgan fingerprint density at radius 1 is 1.29 bits per heavy atom. The van der Waals surface area contributed by atoms with E-state index in [0.29, 0.717) is 11.6 Å². The minimum absolute atomic E-state index is 0.0959. The minimum atomic E-state index is -0.272. The van der Waals surface area contributed by atoms with Gasteiger partial charge in [-0.2, -0.15) is 0 Å². The fourth-order valence-electron chi connectivity index (χ4n) is 2.71. The molecule has 1 saturated heterocycles. The first-order valence-corrected chi connectivity index (χ1v) is 8.21. The number of ether oxygens (including phenoxy) is 1. The van der Waals surface area contributed by atoms with Gasteiger partial charge in [0, 0.05) is 26.2 Å². The molecule has 1 unspecified atom stereocenters. The predicted molar refractivity (Wildman–Crippen MR) is 89.3 cm³/mol. The van der Waals surface area contributed by atoms with E-state index in [1.54, 1.807) is 0 Å². The van der Waals surface area contributed by atoms with Crippen molar-refractivity contribution >= 4 is 23.2 Å². The Bertz CT molecular complexity index is 366. The number of hydrogen-bond acceptors (Lipinski definition) is 5. The van der Waals surface area contributed by atoms with Gasteiger partial charge < -0.3 is 10.5 Å². The standard InChI is InChI=1S/C15H29N3O2S/c1-5-7-12(13(19)20-6-2)17-8-10-18(11-9-17)15(3,4)14(16)21/h12H,5-11H2,1-4H3,(H2,16,21). The van der Waals surface area contributed by atoms with E-state index in [-0.39, 0.29) is 17.6 Å². The summed E-state index contributed by atoms with van der Waals surface area (Å²) in [6.45, 7) is 11.9. The summed E-state index contributed by atoms with van der Waals surface area (Å²) in [6, 6.07) is -0.120. The summed E-state index contributed by atoms with van der Waals surface area (Å²) in [5, 5.41) is 0. The Balaban J connectivity index is 2.64. The first-order chi connectivity index (χ1) is 9.84. The average Bonchev–Trinajstić information content (AvgIpc) is 2.45. The zero-order chi connectivity index (χ0) is 16.0. The van der Waals surface area contributed by atoms with Crippen molar-refractivity contribution in [2.75, 3.05) is 32.8 Å². The van der Waals surface area contributed by atoms with Crippen LogP contribution in [-0.4, -0.2) is 65.1 Å². The summed E-state index contributed by atoms with van der Waals surface area (Å²) in [5.74, 6) is -0.0959. The van der Waals surface area contributed by atoms with Crippen LogP contribution in [-0.2, 0) is 9.53 Å². The van der Waals surface area contributed by atoms with E-state index in [1.165, 1.54) is 0 Å². The lowest BCUT2D eigenvalue weighted by Gasteiger charge is -2.45. The summed E-state index contributed by atoms with van der Waals surface area (Å²) in [7, 11) is 0. The molecule has 21 heavy (non-hydrogen) atoms. The molecule has 0 radical (unpaired) electrons. The van der Waals surface area contributed by atoms with E-state index in [1.807, 2.05) is 6.92 Å². The lowest BCUT2D eigenvalue weighted by Crippen LogP contribution is -2.61. The van der Waals surface area contributed by atoms with Gasteiger partial charge in [-0.15, -0.1) is 0 Å². The van der Waals surface area contributed by atoms with Crippen molar-refractivity contribution in [2.24, 2.45) is 5.73 Å². The van der Waals surface area contributed by atoms with Crippen molar-refractivity contribution < 1.29 is 9.53 Å². The third-order valence-electron chi connectivity index (χ3n) is 4.27. The van der Waals surface area contributed by atoms with Crippen LogP contribution in [0.15, 0.2) is 0 Å². The maximum atomic E-state index is 12.1. The van der Waals surface area contributed by atoms with Crippen LogP contribution in [0.3, 0.4) is 0 Å². The summed E-state index contributed by atoms with van der Waals surface area (Å²) < 4.78 is 5.21. The summed E-state index contributed by atoms with van der Waals surface area (Å²) >= 11 is 5.16. The molecular weight excluding hydrogens is 286 g/mol. The van der Waals surface area contributed by atoms with E-state index in [0.717, 1.165) is 39.0 Å². The summed E-state index contributed by atoms with van der Waals surface area (Å²) in [5.41, 5.74) is 5.56. The predicted octanol–water partition coefficient (Wildman–Crippen LogP) is 1.40. The normalized spacial score (nSPS) is 19.2. The fraction of sp³-hybridized carbons (Fsp3) is 0.867. The first-order valence-electron chi connectivity index (χ1n) is 7.80. The van der Waals surface area contributed by atoms with Crippen LogP contribution in [0.25, 0.3) is 0 Å². The zero-order valence-electron chi connectivity index (χ0n) is 13.7. The van der Waals surface area contributed by atoms with Gasteiger partial charge in [0.2, 0.25) is 0 Å². The molecule has 0 aromatic rings. The number of carbonyl (C=O) groups excluding carboxylic acids is 1. The molecule has 1 fully saturated rings. The molecule has 2 N–H and O–H groups in total. The third-order valence-corrected chi connectivity index (χ3v) is 4.77. The Morgan fingerprint density at radius 3 is 2.29 bits per heavy atom. The molecular formula is C15H29N3O2S. The molecule has 122 valence electrons. The van der Waals surface area contributed by atoms with Gasteiger partial charge in [0.15, 0.2) is 0 Å².